The van der Waals surface area contributed by atoms with E-state index in [4.69, 9.17) is 5.11 Å². The number of aliphatic hydroxyl groups is 1. The van der Waals surface area contributed by atoms with Gasteiger partial charge in [0.05, 0.1) is 6.61 Å². The van der Waals surface area contributed by atoms with Crippen molar-refractivity contribution < 1.29 is 14.7 Å². The molecular weight excluding hydrogens is 318 g/mol. The Bertz CT molecular complexity index is 526. The summed E-state index contributed by atoms with van der Waals surface area (Å²) in [5, 5.41) is 9.03. The fourth-order valence-electron chi connectivity index (χ4n) is 4.79. The minimum Gasteiger partial charge on any atom is -0.395 e. The monoisotopic (exact) mass is 349 g/mol. The fraction of sp³-hybridized carbons (Fsp3) is 0.895. The maximum absolute atomic E-state index is 12.9. The van der Waals surface area contributed by atoms with Crippen LogP contribution in [-0.4, -0.2) is 84.0 Å². The van der Waals surface area contributed by atoms with Crippen LogP contribution in [0.5, 0.6) is 0 Å². The van der Waals surface area contributed by atoms with Crippen molar-refractivity contribution >= 4 is 11.8 Å². The maximum atomic E-state index is 12.9. The van der Waals surface area contributed by atoms with Gasteiger partial charge in [0.25, 0.3) is 0 Å². The lowest BCUT2D eigenvalue weighted by molar-refractivity contribution is -0.138. The summed E-state index contributed by atoms with van der Waals surface area (Å²) in [5.74, 6) is 1.05. The highest BCUT2D eigenvalue weighted by Gasteiger charge is 2.66. The van der Waals surface area contributed by atoms with Crippen LogP contribution in [0.2, 0.25) is 0 Å². The van der Waals surface area contributed by atoms with Crippen LogP contribution in [0.15, 0.2) is 0 Å². The zero-order valence-electron chi connectivity index (χ0n) is 15.2. The van der Waals surface area contributed by atoms with Crippen LogP contribution in [0, 0.1) is 17.3 Å². The summed E-state index contributed by atoms with van der Waals surface area (Å²) in [4.78, 5) is 31.8. The highest BCUT2D eigenvalue weighted by atomic mass is 16.3. The Hall–Kier alpha value is -1.14. The fourth-order valence-corrected chi connectivity index (χ4v) is 4.79. The number of amides is 2. The van der Waals surface area contributed by atoms with E-state index in [1.165, 1.54) is 12.8 Å². The van der Waals surface area contributed by atoms with Crippen LogP contribution in [0.25, 0.3) is 0 Å². The third-order valence-corrected chi connectivity index (χ3v) is 6.85. The summed E-state index contributed by atoms with van der Waals surface area (Å²) < 4.78 is 0. The topological polar surface area (TPSA) is 64.1 Å². The molecule has 0 radical (unpaired) electrons. The molecule has 6 heteroatoms. The molecule has 0 bridgehead atoms. The predicted molar refractivity (Wildman–Crippen MR) is 93.8 cm³/mol. The third-order valence-electron chi connectivity index (χ3n) is 6.85. The summed E-state index contributed by atoms with van der Waals surface area (Å²) >= 11 is 0. The van der Waals surface area contributed by atoms with E-state index < -0.39 is 0 Å². The molecule has 25 heavy (non-hydrogen) atoms. The molecule has 0 aromatic heterocycles. The number of carbonyl (C=O) groups excluding carboxylic acids is 2. The lowest BCUT2D eigenvalue weighted by Gasteiger charge is -2.33. The minimum atomic E-state index is 0.121. The van der Waals surface area contributed by atoms with Gasteiger partial charge in [0.2, 0.25) is 11.8 Å². The van der Waals surface area contributed by atoms with Gasteiger partial charge in [-0.25, -0.2) is 0 Å². The summed E-state index contributed by atoms with van der Waals surface area (Å²) in [6, 6.07) is 0. The van der Waals surface area contributed by atoms with Crippen molar-refractivity contribution in [3.63, 3.8) is 0 Å². The Balaban J connectivity index is 1.26. The highest BCUT2D eigenvalue weighted by Crippen LogP contribution is 2.70. The molecule has 0 aromatic rings. The van der Waals surface area contributed by atoms with Gasteiger partial charge in [-0.05, 0) is 57.0 Å². The van der Waals surface area contributed by atoms with Crippen molar-refractivity contribution in [2.75, 3.05) is 52.4 Å². The van der Waals surface area contributed by atoms with Gasteiger partial charge in [0.1, 0.15) is 0 Å². The molecule has 2 aliphatic heterocycles. The molecule has 2 heterocycles. The maximum Gasteiger partial charge on any atom is 0.226 e. The van der Waals surface area contributed by atoms with Gasteiger partial charge < -0.3 is 19.8 Å². The second-order valence-corrected chi connectivity index (χ2v) is 8.46. The predicted octanol–water partition coefficient (Wildman–Crippen LogP) is 0.552. The van der Waals surface area contributed by atoms with Crippen molar-refractivity contribution in [1.82, 2.24) is 14.7 Å². The van der Waals surface area contributed by atoms with E-state index >= 15 is 0 Å². The van der Waals surface area contributed by atoms with Crippen LogP contribution in [-0.2, 0) is 9.59 Å². The smallest absolute Gasteiger partial charge is 0.226 e. The third kappa shape index (κ3) is 3.56. The quantitative estimate of drug-likeness (QED) is 0.805. The van der Waals surface area contributed by atoms with Crippen LogP contribution < -0.4 is 0 Å². The average Bonchev–Trinajstić information content (AvgIpc) is 3.53. The lowest BCUT2D eigenvalue weighted by Crippen LogP contribution is -2.44. The van der Waals surface area contributed by atoms with Gasteiger partial charge in [0.15, 0.2) is 0 Å². The van der Waals surface area contributed by atoms with Gasteiger partial charge in [0, 0.05) is 44.6 Å². The number of hydrogen-bond donors (Lipinski definition) is 1. The normalized spacial score (nSPS) is 29.6. The van der Waals surface area contributed by atoms with Crippen molar-refractivity contribution in [3.05, 3.63) is 0 Å². The SMILES string of the molecule is O=C(C1CCN(CCO)CC1)N1CCCN(C(=O)C2CC23CC3)CC1. The average molecular weight is 349 g/mol. The second-order valence-electron chi connectivity index (χ2n) is 8.46. The molecule has 1 unspecified atom stereocenters. The Morgan fingerprint density at radius 2 is 1.56 bits per heavy atom. The molecule has 0 aromatic carbocycles. The number of likely N-dealkylation sites (tertiary alicyclic amines) is 1. The van der Waals surface area contributed by atoms with Gasteiger partial charge in [-0.1, -0.05) is 0 Å². The molecule has 1 atom stereocenters. The van der Waals surface area contributed by atoms with E-state index in [-0.39, 0.29) is 18.4 Å². The first-order valence-corrected chi connectivity index (χ1v) is 10.0. The Morgan fingerprint density at radius 3 is 2.12 bits per heavy atom. The molecule has 4 fully saturated rings. The summed E-state index contributed by atoms with van der Waals surface area (Å²) in [5.41, 5.74) is 0.418. The van der Waals surface area contributed by atoms with E-state index in [1.807, 2.05) is 9.80 Å². The Labute approximate surface area is 150 Å². The largest absolute Gasteiger partial charge is 0.395 e. The molecule has 1 N–H and O–H groups in total. The summed E-state index contributed by atoms with van der Waals surface area (Å²) in [7, 11) is 0. The molecule has 2 saturated carbocycles. The first kappa shape index (κ1) is 17.3. The van der Waals surface area contributed by atoms with E-state index in [0.29, 0.717) is 36.9 Å². The minimum absolute atomic E-state index is 0.121. The highest BCUT2D eigenvalue weighted by molar-refractivity contribution is 5.84. The Morgan fingerprint density at radius 1 is 0.920 bits per heavy atom. The number of piperidine rings is 1. The molecule has 4 aliphatic rings. The summed E-state index contributed by atoms with van der Waals surface area (Å²) in [6.07, 6.45) is 6.29. The van der Waals surface area contributed by atoms with Crippen LogP contribution in [0.1, 0.15) is 38.5 Å². The van der Waals surface area contributed by atoms with E-state index in [2.05, 4.69) is 4.90 Å². The van der Waals surface area contributed by atoms with E-state index in [9.17, 15) is 9.59 Å². The lowest BCUT2D eigenvalue weighted by atomic mass is 9.95. The van der Waals surface area contributed by atoms with E-state index in [0.717, 1.165) is 51.9 Å². The second kappa shape index (κ2) is 6.88. The molecule has 1 spiro atoms. The van der Waals surface area contributed by atoms with Crippen LogP contribution in [0.3, 0.4) is 0 Å². The molecule has 2 saturated heterocycles. The molecule has 2 amide bonds. The number of carbonyl (C=O) groups is 2. The van der Waals surface area contributed by atoms with E-state index in [1.54, 1.807) is 0 Å². The van der Waals surface area contributed by atoms with Crippen molar-refractivity contribution in [1.29, 1.82) is 0 Å². The van der Waals surface area contributed by atoms with Gasteiger partial charge in [-0.3, -0.25) is 9.59 Å². The Kier molecular flexibility index (Phi) is 4.75. The number of rotatable bonds is 4. The van der Waals surface area contributed by atoms with Gasteiger partial charge in [-0.2, -0.15) is 0 Å². The van der Waals surface area contributed by atoms with Crippen molar-refractivity contribution in [2.24, 2.45) is 17.3 Å². The standard InChI is InChI=1S/C19H31N3O3/c23-13-12-20-8-2-15(3-9-20)17(24)21-6-1-7-22(11-10-21)18(25)16-14-19(16)4-5-19/h15-16,23H,1-14H2. The van der Waals surface area contributed by atoms with Crippen LogP contribution >= 0.6 is 0 Å². The van der Waals surface area contributed by atoms with Gasteiger partial charge >= 0.3 is 0 Å². The van der Waals surface area contributed by atoms with Crippen molar-refractivity contribution in [3.8, 4) is 0 Å². The number of β-amino-alcohol motifs (C(OH)–C–C–N with tert-alkyl or cyclic N) is 1. The van der Waals surface area contributed by atoms with Crippen molar-refractivity contribution in [2.45, 2.75) is 38.5 Å². The first-order valence-electron chi connectivity index (χ1n) is 10.0. The molecule has 6 nitrogen and oxygen atoms in total. The number of hydrogen-bond acceptors (Lipinski definition) is 4. The summed E-state index contributed by atoms with van der Waals surface area (Å²) in [6.45, 7) is 5.71. The number of nitrogens with zero attached hydrogens (tertiary/aromatic N) is 3. The van der Waals surface area contributed by atoms with Gasteiger partial charge in [-0.15, -0.1) is 0 Å². The zero-order valence-corrected chi connectivity index (χ0v) is 15.2. The molecule has 140 valence electrons. The van der Waals surface area contributed by atoms with Crippen LogP contribution in [0.4, 0.5) is 0 Å². The first-order chi connectivity index (χ1) is 12.1. The number of aliphatic hydroxyl groups excluding tert-OH is 1. The molecular formula is C19H31N3O3. The molecule has 4 rings (SSSR count). The zero-order chi connectivity index (χ0) is 17.4. The molecule has 2 aliphatic carbocycles.